The second-order valence-corrected chi connectivity index (χ2v) is 7.63. The minimum atomic E-state index is -4.85. The second-order valence-electron chi connectivity index (χ2n) is 6.76. The van der Waals surface area contributed by atoms with Gasteiger partial charge in [0.05, 0.1) is 18.7 Å². The first-order valence-corrected chi connectivity index (χ1v) is 9.22. The summed E-state index contributed by atoms with van der Waals surface area (Å²) in [6.45, 7) is -0.716. The van der Waals surface area contributed by atoms with Gasteiger partial charge in [0.25, 0.3) is 0 Å². The molecule has 158 valence electrons. The van der Waals surface area contributed by atoms with Crippen molar-refractivity contribution in [3.63, 3.8) is 0 Å². The van der Waals surface area contributed by atoms with Crippen LogP contribution in [0.1, 0.15) is 21.5 Å². The third-order valence-electron chi connectivity index (χ3n) is 4.59. The highest BCUT2D eigenvalue weighted by atomic mass is 35.5. The van der Waals surface area contributed by atoms with Crippen molar-refractivity contribution in [2.45, 2.75) is 11.8 Å². The number of allylic oxidation sites excluding steroid dienone is 2. The van der Waals surface area contributed by atoms with Crippen molar-refractivity contribution in [1.29, 1.82) is 0 Å². The summed E-state index contributed by atoms with van der Waals surface area (Å²) in [5, 5.41) is 8.77. The van der Waals surface area contributed by atoms with Gasteiger partial charge in [0.15, 0.2) is 11.5 Å². The van der Waals surface area contributed by atoms with E-state index in [0.717, 1.165) is 17.0 Å². The largest absolute Gasteiger partial charge is 0.465 e. The molecule has 1 heterocycles. The number of alkyl halides is 4. The number of carboxylic acid groups (broad SMARTS) is 1. The maximum Gasteiger partial charge on any atom is 0.417 e. The molecule has 0 unspecified atom stereocenters. The van der Waals surface area contributed by atoms with Crippen LogP contribution in [0.15, 0.2) is 48.5 Å². The highest BCUT2D eigenvalue weighted by molar-refractivity contribution is 6.35. The molecule has 0 aromatic heterocycles. The molecule has 1 saturated heterocycles. The molecule has 0 radical (unpaired) electrons. The predicted molar refractivity (Wildman–Crippen MR) is 104 cm³/mol. The summed E-state index contributed by atoms with van der Waals surface area (Å²) >= 11 is 11.5. The number of ketones is 1. The molecule has 4 nitrogen and oxygen atoms in total. The van der Waals surface area contributed by atoms with E-state index < -0.39 is 29.3 Å². The first-order valence-electron chi connectivity index (χ1n) is 8.46. The minimum absolute atomic E-state index is 0.0198. The van der Waals surface area contributed by atoms with Gasteiger partial charge >= 0.3 is 12.3 Å². The van der Waals surface area contributed by atoms with Crippen molar-refractivity contribution in [2.24, 2.45) is 0 Å². The van der Waals surface area contributed by atoms with E-state index in [9.17, 15) is 27.2 Å². The Morgan fingerprint density at radius 3 is 2.00 bits per heavy atom. The molecule has 1 amide bonds. The van der Waals surface area contributed by atoms with Crippen LogP contribution in [0.4, 0.5) is 22.4 Å². The molecular formula is C20H13Cl2F4NO3. The number of halogens is 6. The van der Waals surface area contributed by atoms with Crippen molar-refractivity contribution in [3.05, 3.63) is 75.3 Å². The van der Waals surface area contributed by atoms with Gasteiger partial charge in [-0.25, -0.2) is 9.18 Å². The standard InChI is InChI=1S/C20H13Cl2F4NO3/c21-14-5-12(6-15(22)7-14)16(20(24,25)26)8-17(28)11-1-3-13(4-2-11)19(23)9-27(10-19)18(29)30/h1-8H,9-10H2,(H,29,30)/b16-8-. The fourth-order valence-electron chi connectivity index (χ4n) is 3.06. The molecule has 0 aliphatic carbocycles. The SMILES string of the molecule is O=C(/C=C(/c1cc(Cl)cc(Cl)c1)C(F)(F)F)c1ccc(C2(F)CN(C(=O)O)C2)cc1. The molecular weight excluding hydrogens is 449 g/mol. The van der Waals surface area contributed by atoms with E-state index >= 15 is 0 Å². The van der Waals surface area contributed by atoms with E-state index in [-0.39, 0.29) is 39.8 Å². The Morgan fingerprint density at radius 1 is 1.00 bits per heavy atom. The summed E-state index contributed by atoms with van der Waals surface area (Å²) in [5.74, 6) is -0.946. The summed E-state index contributed by atoms with van der Waals surface area (Å²) in [4.78, 5) is 24.1. The van der Waals surface area contributed by atoms with Crippen LogP contribution < -0.4 is 0 Å². The molecule has 10 heteroatoms. The number of hydrogen-bond donors (Lipinski definition) is 1. The van der Waals surface area contributed by atoms with Gasteiger partial charge in [-0.2, -0.15) is 13.2 Å². The molecule has 1 aliphatic rings. The van der Waals surface area contributed by atoms with E-state index in [0.29, 0.717) is 6.08 Å². The molecule has 0 spiro atoms. The summed E-state index contributed by atoms with van der Waals surface area (Å²) in [6, 6.07) is 8.24. The van der Waals surface area contributed by atoms with Gasteiger partial charge in [-0.3, -0.25) is 4.79 Å². The van der Waals surface area contributed by atoms with Gasteiger partial charge in [0.2, 0.25) is 0 Å². The van der Waals surface area contributed by atoms with Crippen molar-refractivity contribution >= 4 is 40.7 Å². The molecule has 2 aromatic rings. The fourth-order valence-corrected chi connectivity index (χ4v) is 3.59. The molecule has 1 fully saturated rings. The minimum Gasteiger partial charge on any atom is -0.465 e. The molecule has 0 atom stereocenters. The fraction of sp³-hybridized carbons (Fsp3) is 0.200. The van der Waals surface area contributed by atoms with E-state index in [1.807, 2.05) is 0 Å². The lowest BCUT2D eigenvalue weighted by Crippen LogP contribution is -2.58. The van der Waals surface area contributed by atoms with Gasteiger partial charge in [-0.05, 0) is 35.4 Å². The predicted octanol–water partition coefficient (Wildman–Crippen LogP) is 5.98. The van der Waals surface area contributed by atoms with E-state index in [4.69, 9.17) is 28.3 Å². The Kier molecular flexibility index (Phi) is 5.84. The second kappa shape index (κ2) is 7.92. The van der Waals surface area contributed by atoms with Crippen LogP contribution in [0, 0.1) is 0 Å². The normalized spacial score (nSPS) is 16.2. The summed E-state index contributed by atoms with van der Waals surface area (Å²) in [5.41, 5.74) is -3.44. The number of carbonyl (C=O) groups excluding carboxylic acids is 1. The average molecular weight is 462 g/mol. The highest BCUT2D eigenvalue weighted by Gasteiger charge is 2.47. The van der Waals surface area contributed by atoms with Crippen LogP contribution in [0.2, 0.25) is 10.0 Å². The Hall–Kier alpha value is -2.58. The zero-order valence-electron chi connectivity index (χ0n) is 15.0. The lowest BCUT2D eigenvalue weighted by Gasteiger charge is -2.42. The topological polar surface area (TPSA) is 57.6 Å². The number of nitrogens with zero attached hydrogens (tertiary/aromatic N) is 1. The first-order chi connectivity index (χ1) is 13.9. The Balaban J connectivity index is 1.87. The Bertz CT molecular complexity index is 1010. The highest BCUT2D eigenvalue weighted by Crippen LogP contribution is 2.38. The van der Waals surface area contributed by atoms with Crippen molar-refractivity contribution in [2.75, 3.05) is 13.1 Å². The van der Waals surface area contributed by atoms with Crippen LogP contribution >= 0.6 is 23.2 Å². The van der Waals surface area contributed by atoms with E-state index in [2.05, 4.69) is 0 Å². The molecule has 3 rings (SSSR count). The third-order valence-corrected chi connectivity index (χ3v) is 5.03. The van der Waals surface area contributed by atoms with Crippen LogP contribution in [-0.2, 0) is 5.67 Å². The van der Waals surface area contributed by atoms with Crippen LogP contribution in [-0.4, -0.2) is 41.1 Å². The molecule has 0 bridgehead atoms. The van der Waals surface area contributed by atoms with Crippen LogP contribution in [0.3, 0.4) is 0 Å². The molecule has 2 aromatic carbocycles. The third kappa shape index (κ3) is 4.60. The quantitative estimate of drug-likeness (QED) is 0.346. The van der Waals surface area contributed by atoms with Crippen LogP contribution in [0.5, 0.6) is 0 Å². The summed E-state index contributed by atoms with van der Waals surface area (Å²) in [6.07, 6.45) is -5.67. The molecule has 30 heavy (non-hydrogen) atoms. The number of rotatable bonds is 4. The lowest BCUT2D eigenvalue weighted by atomic mass is 9.87. The first kappa shape index (κ1) is 22.1. The number of amides is 1. The average Bonchev–Trinajstić information content (AvgIpc) is 2.61. The molecule has 0 saturated carbocycles. The number of likely N-dealkylation sites (tertiary alicyclic amines) is 1. The number of benzene rings is 2. The summed E-state index contributed by atoms with van der Waals surface area (Å²) in [7, 11) is 0. The van der Waals surface area contributed by atoms with Crippen molar-refractivity contribution < 1.29 is 32.3 Å². The van der Waals surface area contributed by atoms with E-state index in [1.54, 1.807) is 0 Å². The molecule has 1 N–H and O–H groups in total. The lowest BCUT2D eigenvalue weighted by molar-refractivity contribution is -0.0689. The number of carbonyl (C=O) groups is 2. The number of hydrogen-bond acceptors (Lipinski definition) is 2. The monoisotopic (exact) mass is 461 g/mol. The maximum atomic E-state index is 14.7. The van der Waals surface area contributed by atoms with Gasteiger partial charge in [0.1, 0.15) is 0 Å². The Labute approximate surface area is 178 Å². The van der Waals surface area contributed by atoms with Crippen LogP contribution in [0.25, 0.3) is 5.57 Å². The maximum absolute atomic E-state index is 14.7. The van der Waals surface area contributed by atoms with Gasteiger partial charge in [-0.1, -0.05) is 47.5 Å². The van der Waals surface area contributed by atoms with Gasteiger partial charge < -0.3 is 10.0 Å². The smallest absolute Gasteiger partial charge is 0.417 e. The van der Waals surface area contributed by atoms with Crippen molar-refractivity contribution in [1.82, 2.24) is 4.90 Å². The molecule has 1 aliphatic heterocycles. The zero-order chi connectivity index (χ0) is 22.3. The zero-order valence-corrected chi connectivity index (χ0v) is 16.5. The Morgan fingerprint density at radius 2 is 1.53 bits per heavy atom. The van der Waals surface area contributed by atoms with E-state index in [1.165, 1.54) is 30.3 Å². The van der Waals surface area contributed by atoms with Gasteiger partial charge in [0, 0.05) is 15.6 Å². The van der Waals surface area contributed by atoms with Crippen molar-refractivity contribution in [3.8, 4) is 0 Å². The summed E-state index contributed by atoms with van der Waals surface area (Å²) < 4.78 is 55.2. The van der Waals surface area contributed by atoms with Gasteiger partial charge in [-0.15, -0.1) is 0 Å².